The minimum atomic E-state index is -1.48. The second-order valence-corrected chi connectivity index (χ2v) is 8.44. The molecule has 8 nitrogen and oxygen atoms in total. The van der Waals surface area contributed by atoms with Gasteiger partial charge >= 0.3 is 5.97 Å². The molecule has 0 radical (unpaired) electrons. The monoisotopic (exact) mass is 509 g/mol. The molecule has 4 rings (SSSR count). The van der Waals surface area contributed by atoms with Gasteiger partial charge in [-0.25, -0.2) is 0 Å². The average Bonchev–Trinajstić information content (AvgIpc) is 2.98. The Morgan fingerprint density at radius 1 is 0.737 bits per heavy atom. The van der Waals surface area contributed by atoms with E-state index in [1.54, 1.807) is 30.3 Å². The van der Waals surface area contributed by atoms with Crippen molar-refractivity contribution in [2.45, 2.75) is 32.0 Å². The first-order valence-corrected chi connectivity index (χ1v) is 12.0. The number of carbonyl (C=O) groups is 1. The summed E-state index contributed by atoms with van der Waals surface area (Å²) in [6, 6.07) is 31.8. The van der Waals surface area contributed by atoms with Crippen molar-refractivity contribution in [2.24, 2.45) is 5.11 Å². The fourth-order valence-corrected chi connectivity index (χ4v) is 3.70. The number of ether oxygens (including phenoxy) is 3. The molecule has 0 saturated carbocycles. The van der Waals surface area contributed by atoms with Crippen LogP contribution in [0.25, 0.3) is 10.4 Å². The number of esters is 1. The fraction of sp³-hybridized carbons (Fsp3) is 0.167. The highest BCUT2D eigenvalue weighted by molar-refractivity contribution is 5.77. The van der Waals surface area contributed by atoms with E-state index in [1.165, 1.54) is 0 Å². The molecule has 4 aromatic carbocycles. The highest BCUT2D eigenvalue weighted by Gasteiger charge is 2.29. The summed E-state index contributed by atoms with van der Waals surface area (Å²) in [4.78, 5) is 15.5. The standard InChI is InChI=1S/C30H27N3O5/c31-33-32-28(30(35)38-21-24-14-8-3-9-15-24)29(34)25-16-17-26(36-19-22-10-4-1-5-11-22)27(18-25)37-20-23-12-6-2-7-13-23/h1-18,28-29,34H,19-21H2. The van der Waals surface area contributed by atoms with Crippen LogP contribution in [0.15, 0.2) is 114 Å². The van der Waals surface area contributed by atoms with Crippen molar-refractivity contribution < 1.29 is 24.1 Å². The Balaban J connectivity index is 1.53. The number of nitrogens with zero attached hydrogens (tertiary/aromatic N) is 3. The van der Waals surface area contributed by atoms with Crippen molar-refractivity contribution in [1.29, 1.82) is 0 Å². The number of carbonyl (C=O) groups excluding carboxylic acids is 1. The quantitative estimate of drug-likeness (QED) is 0.104. The van der Waals surface area contributed by atoms with E-state index in [4.69, 9.17) is 19.7 Å². The van der Waals surface area contributed by atoms with Crippen LogP contribution in [0.5, 0.6) is 11.5 Å². The van der Waals surface area contributed by atoms with E-state index in [1.807, 2.05) is 78.9 Å². The Morgan fingerprint density at radius 3 is 1.76 bits per heavy atom. The van der Waals surface area contributed by atoms with Gasteiger partial charge in [0.1, 0.15) is 19.8 Å². The van der Waals surface area contributed by atoms with E-state index in [9.17, 15) is 9.90 Å². The van der Waals surface area contributed by atoms with E-state index >= 15 is 0 Å². The van der Waals surface area contributed by atoms with Gasteiger partial charge in [0.25, 0.3) is 0 Å². The van der Waals surface area contributed by atoms with Crippen molar-refractivity contribution in [3.63, 3.8) is 0 Å². The first-order chi connectivity index (χ1) is 18.6. The minimum absolute atomic E-state index is 0.0124. The van der Waals surface area contributed by atoms with E-state index in [-0.39, 0.29) is 13.2 Å². The number of hydrogen-bond donors (Lipinski definition) is 1. The molecule has 0 aliphatic carbocycles. The van der Waals surface area contributed by atoms with Crippen molar-refractivity contribution in [3.05, 3.63) is 142 Å². The van der Waals surface area contributed by atoms with Crippen molar-refractivity contribution in [1.82, 2.24) is 0 Å². The smallest absolute Gasteiger partial charge is 0.318 e. The molecule has 4 aromatic rings. The highest BCUT2D eigenvalue weighted by atomic mass is 16.5. The first-order valence-electron chi connectivity index (χ1n) is 12.0. The van der Waals surface area contributed by atoms with Gasteiger partial charge in [0.15, 0.2) is 17.5 Å². The molecular weight excluding hydrogens is 482 g/mol. The molecule has 1 N–H and O–H groups in total. The van der Waals surface area contributed by atoms with Crippen molar-refractivity contribution in [2.75, 3.05) is 0 Å². The summed E-state index contributed by atoms with van der Waals surface area (Å²) in [5, 5.41) is 14.5. The summed E-state index contributed by atoms with van der Waals surface area (Å²) in [6.07, 6.45) is -1.46. The van der Waals surface area contributed by atoms with Crippen LogP contribution in [-0.4, -0.2) is 17.1 Å². The third kappa shape index (κ3) is 7.36. The van der Waals surface area contributed by atoms with Gasteiger partial charge in [0.05, 0.1) is 6.10 Å². The van der Waals surface area contributed by atoms with Gasteiger partial charge in [-0.3, -0.25) is 4.79 Å². The van der Waals surface area contributed by atoms with Crippen LogP contribution in [0, 0.1) is 0 Å². The summed E-state index contributed by atoms with van der Waals surface area (Å²) < 4.78 is 17.4. The van der Waals surface area contributed by atoms with E-state index in [0.29, 0.717) is 23.7 Å². The van der Waals surface area contributed by atoms with Crippen LogP contribution in [0.2, 0.25) is 0 Å². The predicted molar refractivity (Wildman–Crippen MR) is 142 cm³/mol. The van der Waals surface area contributed by atoms with Crippen LogP contribution in [0.3, 0.4) is 0 Å². The molecular formula is C30H27N3O5. The third-order valence-electron chi connectivity index (χ3n) is 5.72. The lowest BCUT2D eigenvalue weighted by Gasteiger charge is -2.20. The summed E-state index contributed by atoms with van der Waals surface area (Å²) in [6.45, 7) is 0.570. The molecule has 2 atom stereocenters. The summed E-state index contributed by atoms with van der Waals surface area (Å²) in [5.41, 5.74) is 12.1. The van der Waals surface area contributed by atoms with Gasteiger partial charge in [0.2, 0.25) is 0 Å². The summed E-state index contributed by atoms with van der Waals surface area (Å²) in [7, 11) is 0. The SMILES string of the molecule is [N-]=[N+]=NC(C(=O)OCc1ccccc1)C(O)c1ccc(OCc2ccccc2)c(OCc2ccccc2)c1. The first kappa shape index (κ1) is 26.3. The van der Waals surface area contributed by atoms with Gasteiger partial charge in [0, 0.05) is 4.91 Å². The molecule has 2 unspecified atom stereocenters. The summed E-state index contributed by atoms with van der Waals surface area (Å²) in [5.74, 6) is 0.00158. The lowest BCUT2D eigenvalue weighted by Crippen LogP contribution is -2.28. The number of benzene rings is 4. The molecule has 0 saturated heterocycles. The van der Waals surface area contributed by atoms with Gasteiger partial charge < -0.3 is 19.3 Å². The molecule has 0 amide bonds. The molecule has 38 heavy (non-hydrogen) atoms. The molecule has 0 spiro atoms. The van der Waals surface area contributed by atoms with E-state index in [2.05, 4.69) is 10.0 Å². The number of rotatable bonds is 12. The maximum atomic E-state index is 12.7. The van der Waals surface area contributed by atoms with Crippen LogP contribution < -0.4 is 9.47 Å². The van der Waals surface area contributed by atoms with Crippen LogP contribution in [0.1, 0.15) is 28.4 Å². The molecule has 0 fully saturated rings. The molecule has 8 heteroatoms. The summed E-state index contributed by atoms with van der Waals surface area (Å²) >= 11 is 0. The number of azide groups is 1. The maximum absolute atomic E-state index is 12.7. The largest absolute Gasteiger partial charge is 0.485 e. The molecule has 0 aromatic heterocycles. The Hall–Kier alpha value is -4.78. The van der Waals surface area contributed by atoms with Crippen LogP contribution in [-0.2, 0) is 29.4 Å². The van der Waals surface area contributed by atoms with Gasteiger partial charge in [-0.15, -0.1) is 0 Å². The fourth-order valence-electron chi connectivity index (χ4n) is 3.70. The minimum Gasteiger partial charge on any atom is -0.485 e. The number of aliphatic hydroxyl groups is 1. The molecule has 192 valence electrons. The van der Waals surface area contributed by atoms with Crippen molar-refractivity contribution in [3.8, 4) is 11.5 Å². The highest BCUT2D eigenvalue weighted by Crippen LogP contribution is 2.33. The van der Waals surface area contributed by atoms with Gasteiger partial charge in [-0.1, -0.05) is 102 Å². The third-order valence-corrected chi connectivity index (χ3v) is 5.72. The molecule has 0 heterocycles. The number of aliphatic hydroxyl groups excluding tert-OH is 1. The predicted octanol–water partition coefficient (Wildman–Crippen LogP) is 6.30. The Labute approximate surface area is 220 Å². The second kappa shape index (κ2) is 13.5. The molecule has 0 bridgehead atoms. The normalized spacial score (nSPS) is 12.0. The van der Waals surface area contributed by atoms with E-state index in [0.717, 1.165) is 16.7 Å². The second-order valence-electron chi connectivity index (χ2n) is 8.44. The Morgan fingerprint density at radius 2 is 1.24 bits per heavy atom. The van der Waals surface area contributed by atoms with Crippen LogP contribution in [0.4, 0.5) is 0 Å². The molecule has 0 aliphatic heterocycles. The average molecular weight is 510 g/mol. The van der Waals surface area contributed by atoms with Gasteiger partial charge in [-0.05, 0) is 39.9 Å². The Kier molecular flexibility index (Phi) is 9.34. The van der Waals surface area contributed by atoms with Crippen molar-refractivity contribution >= 4 is 5.97 Å². The Bertz CT molecular complexity index is 1360. The zero-order valence-corrected chi connectivity index (χ0v) is 20.6. The number of hydrogen-bond acceptors (Lipinski definition) is 6. The van der Waals surface area contributed by atoms with Gasteiger partial charge in [-0.2, -0.15) is 0 Å². The maximum Gasteiger partial charge on any atom is 0.318 e. The van der Waals surface area contributed by atoms with E-state index < -0.39 is 18.1 Å². The molecule has 0 aliphatic rings. The zero-order chi connectivity index (χ0) is 26.6. The lowest BCUT2D eigenvalue weighted by molar-refractivity contribution is -0.149. The topological polar surface area (TPSA) is 114 Å². The lowest BCUT2D eigenvalue weighted by atomic mass is 10.0. The van der Waals surface area contributed by atoms with Crippen LogP contribution >= 0.6 is 0 Å². The zero-order valence-electron chi connectivity index (χ0n) is 20.6.